The molecule has 0 amide bonds. The molecule has 4 rings (SSSR count). The Morgan fingerprint density at radius 1 is 1.23 bits per heavy atom. The molecule has 1 aliphatic rings. The lowest BCUT2D eigenvalue weighted by Gasteiger charge is -2.27. The summed E-state index contributed by atoms with van der Waals surface area (Å²) >= 11 is 0. The molecule has 0 bridgehead atoms. The van der Waals surface area contributed by atoms with E-state index in [1.54, 1.807) is 6.07 Å². The number of nitrogens with two attached hydrogens (primary N) is 1. The van der Waals surface area contributed by atoms with Crippen molar-refractivity contribution < 1.29 is 18.8 Å². The van der Waals surface area contributed by atoms with Crippen molar-refractivity contribution in [3.05, 3.63) is 71.2 Å². The predicted octanol–water partition coefficient (Wildman–Crippen LogP) is 3.40. The summed E-state index contributed by atoms with van der Waals surface area (Å²) < 4.78 is 25.5. The van der Waals surface area contributed by atoms with Gasteiger partial charge in [0.25, 0.3) is 5.88 Å². The van der Waals surface area contributed by atoms with E-state index >= 15 is 0 Å². The van der Waals surface area contributed by atoms with E-state index < -0.39 is 0 Å². The van der Waals surface area contributed by atoms with Crippen LogP contribution in [0.25, 0.3) is 11.1 Å². The van der Waals surface area contributed by atoms with Crippen molar-refractivity contribution in [1.82, 2.24) is 10.1 Å². The summed E-state index contributed by atoms with van der Waals surface area (Å²) in [6.07, 6.45) is 0. The Hall–Kier alpha value is -3.23. The van der Waals surface area contributed by atoms with Gasteiger partial charge in [-0.15, -0.1) is 0 Å². The average molecular weight is 424 g/mol. The quantitative estimate of drug-likeness (QED) is 0.481. The van der Waals surface area contributed by atoms with Gasteiger partial charge in [-0.05, 0) is 17.2 Å². The molecule has 7 nitrogen and oxygen atoms in total. The number of nitrogens with zero attached hydrogens (tertiary/aromatic N) is 3. The van der Waals surface area contributed by atoms with Crippen LogP contribution in [-0.2, 0) is 11.3 Å². The molecule has 31 heavy (non-hydrogen) atoms. The number of ether oxygens (including phenoxy) is 1. The van der Waals surface area contributed by atoms with Crippen LogP contribution in [0.4, 0.5) is 10.3 Å². The fourth-order valence-corrected chi connectivity index (χ4v) is 3.67. The van der Waals surface area contributed by atoms with Gasteiger partial charge in [-0.1, -0.05) is 54.5 Å². The van der Waals surface area contributed by atoms with Crippen LogP contribution in [0.1, 0.15) is 29.7 Å². The van der Waals surface area contributed by atoms with Crippen molar-refractivity contribution in [1.29, 1.82) is 0 Å². The number of halogens is 1. The molecule has 1 unspecified atom stereocenters. The monoisotopic (exact) mass is 424 g/mol. The second-order valence-electron chi connectivity index (χ2n) is 7.41. The van der Waals surface area contributed by atoms with Crippen LogP contribution in [0.2, 0.25) is 0 Å². The van der Waals surface area contributed by atoms with Crippen molar-refractivity contribution in [2.75, 3.05) is 26.3 Å². The van der Waals surface area contributed by atoms with Crippen LogP contribution >= 0.6 is 0 Å². The first-order chi connectivity index (χ1) is 15.1. The standard InChI is InChI=1S/C23H25FN4O3/c1-15(17-7-8-18(20(24)13-17)16-5-3-2-4-6-16)21-19(14-29)22(31-27-21)26-23(25)28-9-11-30-12-10-28/h2-8,13,15,29H,9-12,14H2,1H3,(H2,25,26). The second-order valence-corrected chi connectivity index (χ2v) is 7.41. The Kier molecular flexibility index (Phi) is 6.29. The maximum atomic E-state index is 14.8. The van der Waals surface area contributed by atoms with Crippen LogP contribution in [0.15, 0.2) is 58.0 Å². The lowest BCUT2D eigenvalue weighted by molar-refractivity contribution is 0.0675. The Bertz CT molecular complexity index is 1060. The van der Waals surface area contributed by atoms with E-state index in [1.807, 2.05) is 48.2 Å². The first-order valence-corrected chi connectivity index (χ1v) is 10.2. The van der Waals surface area contributed by atoms with E-state index in [1.165, 1.54) is 6.07 Å². The minimum absolute atomic E-state index is 0.162. The van der Waals surface area contributed by atoms with Crippen molar-refractivity contribution in [2.45, 2.75) is 19.4 Å². The van der Waals surface area contributed by atoms with Gasteiger partial charge in [0.2, 0.25) is 0 Å². The van der Waals surface area contributed by atoms with Gasteiger partial charge in [-0.3, -0.25) is 0 Å². The van der Waals surface area contributed by atoms with E-state index in [0.717, 1.165) is 11.1 Å². The highest BCUT2D eigenvalue weighted by atomic mass is 19.1. The van der Waals surface area contributed by atoms with Gasteiger partial charge in [0.1, 0.15) is 5.82 Å². The molecule has 3 aromatic rings. The topological polar surface area (TPSA) is 97.1 Å². The minimum atomic E-state index is -0.320. The summed E-state index contributed by atoms with van der Waals surface area (Å²) in [7, 11) is 0. The summed E-state index contributed by atoms with van der Waals surface area (Å²) in [6.45, 7) is 3.98. The zero-order valence-electron chi connectivity index (χ0n) is 17.3. The molecule has 1 aromatic heterocycles. The summed E-state index contributed by atoms with van der Waals surface area (Å²) in [4.78, 5) is 6.21. The Balaban J connectivity index is 1.60. The highest BCUT2D eigenvalue weighted by molar-refractivity contribution is 5.80. The largest absolute Gasteiger partial charge is 0.391 e. The van der Waals surface area contributed by atoms with Gasteiger partial charge in [0, 0.05) is 24.6 Å². The normalized spacial score (nSPS) is 15.8. The SMILES string of the molecule is CC(c1ccc(-c2ccccc2)c(F)c1)c1noc(N=C(N)N2CCOCC2)c1CO. The highest BCUT2D eigenvalue weighted by Crippen LogP contribution is 2.34. The molecule has 3 N–H and O–H groups in total. The first kappa shape index (κ1) is 21.0. The van der Waals surface area contributed by atoms with Crippen molar-refractivity contribution in [2.24, 2.45) is 10.7 Å². The maximum Gasteiger partial charge on any atom is 0.259 e. The number of aliphatic imine (C=N–C) groups is 1. The molecule has 0 radical (unpaired) electrons. The van der Waals surface area contributed by atoms with Crippen LogP contribution in [-0.4, -0.2) is 47.4 Å². The molecule has 1 saturated heterocycles. The van der Waals surface area contributed by atoms with Crippen LogP contribution in [0, 0.1) is 5.82 Å². The number of hydrogen-bond acceptors (Lipinski definition) is 5. The number of aliphatic hydroxyl groups excluding tert-OH is 1. The lowest BCUT2D eigenvalue weighted by Crippen LogP contribution is -2.44. The molecule has 162 valence electrons. The molecule has 2 aromatic carbocycles. The Labute approximate surface area is 179 Å². The molecule has 1 aliphatic heterocycles. The van der Waals surface area contributed by atoms with E-state index in [2.05, 4.69) is 10.1 Å². The van der Waals surface area contributed by atoms with Gasteiger partial charge in [-0.2, -0.15) is 4.99 Å². The molecule has 8 heteroatoms. The molecule has 0 aliphatic carbocycles. The number of aliphatic hydroxyl groups is 1. The Morgan fingerprint density at radius 3 is 2.65 bits per heavy atom. The van der Waals surface area contributed by atoms with Gasteiger partial charge in [-0.25, -0.2) is 4.39 Å². The Morgan fingerprint density at radius 2 is 1.97 bits per heavy atom. The number of hydrogen-bond donors (Lipinski definition) is 2. The average Bonchev–Trinajstić information content (AvgIpc) is 3.22. The smallest absolute Gasteiger partial charge is 0.259 e. The van der Waals surface area contributed by atoms with Crippen LogP contribution < -0.4 is 5.73 Å². The predicted molar refractivity (Wildman–Crippen MR) is 115 cm³/mol. The number of benzene rings is 2. The van der Waals surface area contributed by atoms with E-state index in [-0.39, 0.29) is 30.2 Å². The van der Waals surface area contributed by atoms with Crippen molar-refractivity contribution in [3.8, 4) is 11.1 Å². The van der Waals surface area contributed by atoms with Gasteiger partial charge in [0.05, 0.1) is 31.1 Å². The van der Waals surface area contributed by atoms with E-state index in [0.29, 0.717) is 43.1 Å². The summed E-state index contributed by atoms with van der Waals surface area (Å²) in [5.41, 5.74) is 9.10. The van der Waals surface area contributed by atoms with E-state index in [4.69, 9.17) is 15.0 Å². The third-order valence-corrected chi connectivity index (χ3v) is 5.50. The molecule has 1 fully saturated rings. The first-order valence-electron chi connectivity index (χ1n) is 10.2. The fourth-order valence-electron chi connectivity index (χ4n) is 3.67. The van der Waals surface area contributed by atoms with Crippen LogP contribution in [0.5, 0.6) is 0 Å². The lowest BCUT2D eigenvalue weighted by atomic mass is 9.93. The summed E-state index contributed by atoms with van der Waals surface area (Å²) in [5.74, 6) is -0.181. The zero-order chi connectivity index (χ0) is 21.8. The molecular formula is C23H25FN4O3. The number of rotatable bonds is 5. The van der Waals surface area contributed by atoms with Gasteiger partial charge < -0.3 is 25.0 Å². The van der Waals surface area contributed by atoms with Crippen molar-refractivity contribution in [3.63, 3.8) is 0 Å². The molecule has 0 saturated carbocycles. The van der Waals surface area contributed by atoms with E-state index in [9.17, 15) is 9.50 Å². The van der Waals surface area contributed by atoms with Crippen LogP contribution in [0.3, 0.4) is 0 Å². The molecule has 2 heterocycles. The molecular weight excluding hydrogens is 399 g/mol. The number of morpholine rings is 1. The maximum absolute atomic E-state index is 14.8. The third-order valence-electron chi connectivity index (χ3n) is 5.50. The number of guanidine groups is 1. The summed E-state index contributed by atoms with van der Waals surface area (Å²) in [5, 5.41) is 14.0. The molecule has 1 atom stereocenters. The summed E-state index contributed by atoms with van der Waals surface area (Å²) in [6, 6.07) is 14.5. The zero-order valence-corrected chi connectivity index (χ0v) is 17.3. The highest BCUT2D eigenvalue weighted by Gasteiger charge is 2.23. The van der Waals surface area contributed by atoms with Gasteiger partial charge >= 0.3 is 0 Å². The third kappa shape index (κ3) is 4.45. The minimum Gasteiger partial charge on any atom is -0.391 e. The fraction of sp³-hybridized carbons (Fsp3) is 0.304. The van der Waals surface area contributed by atoms with Gasteiger partial charge in [0.15, 0.2) is 5.96 Å². The van der Waals surface area contributed by atoms with Crippen molar-refractivity contribution >= 4 is 11.8 Å². The second kappa shape index (κ2) is 9.28. The molecule has 0 spiro atoms. The number of aromatic nitrogens is 1.